The highest BCUT2D eigenvalue weighted by Crippen LogP contribution is 2.66. The Labute approximate surface area is 157 Å². The first kappa shape index (κ1) is 18.1. The van der Waals surface area contributed by atoms with E-state index in [2.05, 4.69) is 34.3 Å². The molecule has 4 fully saturated rings. The average Bonchev–Trinajstić information content (AvgIpc) is 2.91. The molecule has 0 aromatic heterocycles. The quantitative estimate of drug-likeness (QED) is 0.462. The topological polar surface area (TPSA) is 0 Å². The summed E-state index contributed by atoms with van der Waals surface area (Å²) in [5, 5.41) is 0. The van der Waals surface area contributed by atoms with Crippen molar-refractivity contribution in [3.05, 3.63) is 12.2 Å². The van der Waals surface area contributed by atoms with Gasteiger partial charge in [-0.1, -0.05) is 39.3 Å². The number of hydrogen-bond acceptors (Lipinski definition) is 0. The van der Waals surface area contributed by atoms with Crippen molar-refractivity contribution in [1.82, 2.24) is 0 Å². The van der Waals surface area contributed by atoms with Crippen LogP contribution in [0.2, 0.25) is 0 Å². The van der Waals surface area contributed by atoms with Gasteiger partial charge in [-0.05, 0) is 117 Å². The summed E-state index contributed by atoms with van der Waals surface area (Å²) >= 11 is 0. The van der Waals surface area contributed by atoms with Crippen molar-refractivity contribution in [3.63, 3.8) is 0 Å². The standard InChI is InChI=1S/C25H42/c1-6-13-24(4)14-11-19-18(16-24)7-8-21-20(19)12-15-25(5)22(17(2)3)9-10-23(21)25/h18-23H,2,6-16H2,1,3-5H3/t18-,19+,20-,21-,22-,23+,24+,25-/m1/s1. The van der Waals surface area contributed by atoms with E-state index in [9.17, 15) is 0 Å². The first-order valence-corrected chi connectivity index (χ1v) is 11.5. The van der Waals surface area contributed by atoms with Crippen LogP contribution in [0.3, 0.4) is 0 Å². The van der Waals surface area contributed by atoms with Crippen LogP contribution in [-0.2, 0) is 0 Å². The summed E-state index contributed by atoms with van der Waals surface area (Å²) in [4.78, 5) is 0. The van der Waals surface area contributed by atoms with Gasteiger partial charge in [0.15, 0.2) is 0 Å². The second kappa shape index (κ2) is 6.42. The Kier molecular flexibility index (Phi) is 4.65. The molecule has 0 nitrogen and oxygen atoms in total. The largest absolute Gasteiger partial charge is 0.0998 e. The highest BCUT2D eigenvalue weighted by atomic mass is 14.6. The van der Waals surface area contributed by atoms with Gasteiger partial charge < -0.3 is 0 Å². The van der Waals surface area contributed by atoms with E-state index in [0.717, 1.165) is 35.5 Å². The van der Waals surface area contributed by atoms with Crippen molar-refractivity contribution in [2.45, 2.75) is 98.3 Å². The normalized spacial score (nSPS) is 52.2. The van der Waals surface area contributed by atoms with Crippen LogP contribution in [-0.4, -0.2) is 0 Å². The number of hydrogen-bond donors (Lipinski definition) is 0. The van der Waals surface area contributed by atoms with E-state index in [1.54, 1.807) is 25.7 Å². The van der Waals surface area contributed by atoms with Gasteiger partial charge in [0.25, 0.3) is 0 Å². The van der Waals surface area contributed by atoms with E-state index >= 15 is 0 Å². The molecule has 0 aromatic carbocycles. The minimum absolute atomic E-state index is 0.589. The third-order valence-electron chi connectivity index (χ3n) is 9.80. The smallest absolute Gasteiger partial charge is 0.0152 e. The fraction of sp³-hybridized carbons (Fsp3) is 0.920. The van der Waals surface area contributed by atoms with Gasteiger partial charge in [-0.15, -0.1) is 0 Å². The SMILES string of the molecule is C=C(C)[C@H]1CC[C@H]2[C@@H]3CC[C@@H]4C[C@@](C)(CCC)CC[C@@H]4[C@H]3CC[C@]12C. The van der Waals surface area contributed by atoms with Gasteiger partial charge in [0.05, 0.1) is 0 Å². The Morgan fingerprint density at radius 3 is 2.40 bits per heavy atom. The van der Waals surface area contributed by atoms with Crippen molar-refractivity contribution in [2.24, 2.45) is 46.3 Å². The van der Waals surface area contributed by atoms with Crippen molar-refractivity contribution in [1.29, 1.82) is 0 Å². The van der Waals surface area contributed by atoms with Crippen LogP contribution < -0.4 is 0 Å². The van der Waals surface area contributed by atoms with E-state index in [0.29, 0.717) is 10.8 Å². The molecule has 0 amide bonds. The molecule has 0 heteroatoms. The monoisotopic (exact) mass is 342 g/mol. The molecule has 0 spiro atoms. The van der Waals surface area contributed by atoms with E-state index in [1.807, 2.05) is 0 Å². The molecule has 0 aliphatic heterocycles. The molecule has 4 rings (SSSR count). The molecule has 8 atom stereocenters. The summed E-state index contributed by atoms with van der Waals surface area (Å²) in [5.41, 5.74) is 2.74. The van der Waals surface area contributed by atoms with E-state index in [-0.39, 0.29) is 0 Å². The summed E-state index contributed by atoms with van der Waals surface area (Å²) < 4.78 is 0. The average molecular weight is 343 g/mol. The van der Waals surface area contributed by atoms with Crippen molar-refractivity contribution >= 4 is 0 Å². The zero-order valence-corrected chi connectivity index (χ0v) is 17.4. The first-order valence-electron chi connectivity index (χ1n) is 11.5. The maximum Gasteiger partial charge on any atom is -0.0152 e. The Morgan fingerprint density at radius 2 is 1.68 bits per heavy atom. The molecule has 0 saturated heterocycles. The maximum atomic E-state index is 4.38. The molecule has 4 aliphatic carbocycles. The minimum Gasteiger partial charge on any atom is -0.0998 e. The fourth-order valence-corrected chi connectivity index (χ4v) is 8.83. The van der Waals surface area contributed by atoms with Crippen molar-refractivity contribution < 1.29 is 0 Å². The molecule has 0 radical (unpaired) electrons. The first-order chi connectivity index (χ1) is 11.9. The van der Waals surface area contributed by atoms with Gasteiger partial charge in [0.1, 0.15) is 0 Å². The Balaban J connectivity index is 1.51. The maximum absolute atomic E-state index is 4.38. The van der Waals surface area contributed by atoms with Gasteiger partial charge in [-0.25, -0.2) is 0 Å². The van der Waals surface area contributed by atoms with Crippen LogP contribution in [0.5, 0.6) is 0 Å². The lowest BCUT2D eigenvalue weighted by Crippen LogP contribution is -2.49. The molecule has 0 heterocycles. The van der Waals surface area contributed by atoms with Gasteiger partial charge in [-0.3, -0.25) is 0 Å². The second-order valence-electron chi connectivity index (χ2n) is 11.3. The van der Waals surface area contributed by atoms with Crippen LogP contribution in [0.15, 0.2) is 12.2 Å². The molecule has 25 heavy (non-hydrogen) atoms. The van der Waals surface area contributed by atoms with Gasteiger partial charge in [0.2, 0.25) is 0 Å². The molecule has 4 aliphatic rings. The molecule has 142 valence electrons. The van der Waals surface area contributed by atoms with Crippen LogP contribution in [0.25, 0.3) is 0 Å². The summed E-state index contributed by atoms with van der Waals surface area (Å²) in [7, 11) is 0. The van der Waals surface area contributed by atoms with Crippen LogP contribution in [0.1, 0.15) is 98.3 Å². The number of fused-ring (bicyclic) bond motifs is 5. The van der Waals surface area contributed by atoms with E-state index < -0.39 is 0 Å². The predicted molar refractivity (Wildman–Crippen MR) is 108 cm³/mol. The number of allylic oxidation sites excluding steroid dienone is 1. The molecule has 0 aromatic rings. The Bertz CT molecular complexity index is 518. The highest BCUT2D eigenvalue weighted by molar-refractivity contribution is 5.14. The lowest BCUT2D eigenvalue weighted by Gasteiger charge is -2.57. The van der Waals surface area contributed by atoms with Crippen LogP contribution in [0.4, 0.5) is 0 Å². The molecular weight excluding hydrogens is 300 g/mol. The molecule has 4 saturated carbocycles. The zero-order valence-electron chi connectivity index (χ0n) is 17.4. The van der Waals surface area contributed by atoms with Crippen LogP contribution >= 0.6 is 0 Å². The molecule has 0 bridgehead atoms. The summed E-state index contributed by atoms with van der Waals surface area (Å²) in [6, 6.07) is 0. The molecular formula is C25H42. The van der Waals surface area contributed by atoms with Gasteiger partial charge in [0, 0.05) is 0 Å². The van der Waals surface area contributed by atoms with Crippen molar-refractivity contribution in [2.75, 3.05) is 0 Å². The molecule has 0 unspecified atom stereocenters. The minimum atomic E-state index is 0.589. The highest BCUT2D eigenvalue weighted by Gasteiger charge is 2.57. The summed E-state index contributed by atoms with van der Waals surface area (Å²) in [5.74, 6) is 6.10. The Morgan fingerprint density at radius 1 is 0.920 bits per heavy atom. The number of rotatable bonds is 3. The predicted octanol–water partition coefficient (Wildman–Crippen LogP) is 7.64. The van der Waals surface area contributed by atoms with Gasteiger partial charge >= 0.3 is 0 Å². The molecule has 0 N–H and O–H groups in total. The second-order valence-corrected chi connectivity index (χ2v) is 11.3. The van der Waals surface area contributed by atoms with E-state index in [4.69, 9.17) is 0 Å². The van der Waals surface area contributed by atoms with E-state index in [1.165, 1.54) is 50.5 Å². The third-order valence-corrected chi connectivity index (χ3v) is 9.80. The lowest BCUT2D eigenvalue weighted by molar-refractivity contribution is -0.0758. The Hall–Kier alpha value is -0.260. The van der Waals surface area contributed by atoms with Crippen molar-refractivity contribution in [3.8, 4) is 0 Å². The fourth-order valence-electron chi connectivity index (χ4n) is 8.83. The van der Waals surface area contributed by atoms with Gasteiger partial charge in [-0.2, -0.15) is 0 Å². The zero-order chi connectivity index (χ0) is 17.8. The lowest BCUT2D eigenvalue weighted by atomic mass is 9.48. The third kappa shape index (κ3) is 2.85. The summed E-state index contributed by atoms with van der Waals surface area (Å²) in [6.07, 6.45) is 16.5. The van der Waals surface area contributed by atoms with Crippen LogP contribution in [0, 0.1) is 46.3 Å². The summed E-state index contributed by atoms with van der Waals surface area (Å²) in [6.45, 7) is 14.3.